The minimum atomic E-state index is 0.520. The molecule has 2 heterocycles. The molecule has 1 saturated heterocycles. The monoisotopic (exact) mass is 313 g/mol. The molecule has 0 saturated carbocycles. The highest BCUT2D eigenvalue weighted by Crippen LogP contribution is 2.25. The van der Waals surface area contributed by atoms with Crippen LogP contribution >= 0.6 is 15.9 Å². The molecule has 0 radical (unpaired) electrons. The van der Waals surface area contributed by atoms with E-state index >= 15 is 0 Å². The van der Waals surface area contributed by atoms with Crippen LogP contribution in [0.3, 0.4) is 0 Å². The fourth-order valence-corrected chi connectivity index (χ4v) is 3.09. The molecule has 0 amide bonds. The van der Waals surface area contributed by atoms with Gasteiger partial charge in [0.05, 0.1) is 7.11 Å². The summed E-state index contributed by atoms with van der Waals surface area (Å²) in [4.78, 5) is 11.2. The Morgan fingerprint density at radius 1 is 1.39 bits per heavy atom. The zero-order valence-corrected chi connectivity index (χ0v) is 12.6. The molecule has 1 aliphatic rings. The van der Waals surface area contributed by atoms with Crippen LogP contribution in [0, 0.1) is 6.92 Å². The first-order valence-electron chi connectivity index (χ1n) is 6.47. The summed E-state index contributed by atoms with van der Waals surface area (Å²) in [6.07, 6.45) is 5.06. The summed E-state index contributed by atoms with van der Waals surface area (Å²) in [7, 11) is 1.65. The van der Waals surface area contributed by atoms with E-state index in [-0.39, 0.29) is 0 Å². The van der Waals surface area contributed by atoms with Crippen LogP contribution in [-0.2, 0) is 0 Å². The summed E-state index contributed by atoms with van der Waals surface area (Å²) in [6.45, 7) is 2.98. The predicted molar refractivity (Wildman–Crippen MR) is 76.7 cm³/mol. The van der Waals surface area contributed by atoms with Crippen molar-refractivity contribution < 1.29 is 4.74 Å². The molecule has 100 valence electrons. The van der Waals surface area contributed by atoms with Crippen molar-refractivity contribution in [3.63, 3.8) is 0 Å². The highest BCUT2D eigenvalue weighted by atomic mass is 79.9. The maximum Gasteiger partial charge on any atom is 0.218 e. The average molecular weight is 314 g/mol. The first-order chi connectivity index (χ1) is 8.74. The quantitative estimate of drug-likeness (QED) is 0.804. The highest BCUT2D eigenvalue weighted by Gasteiger charge is 2.22. The van der Waals surface area contributed by atoms with Crippen LogP contribution in [-0.4, -0.2) is 35.0 Å². The second kappa shape index (κ2) is 6.36. The van der Waals surface area contributed by atoms with Crippen molar-refractivity contribution in [1.82, 2.24) is 9.97 Å². The molecule has 1 atom stereocenters. The van der Waals surface area contributed by atoms with Gasteiger partial charge < -0.3 is 9.64 Å². The lowest BCUT2D eigenvalue weighted by Crippen LogP contribution is -2.36. The SMILES string of the molecule is COc1cc(N2CCCCCC2CBr)nc(C)n1. The Labute approximate surface area is 117 Å². The van der Waals surface area contributed by atoms with Crippen molar-refractivity contribution in [1.29, 1.82) is 0 Å². The Balaban J connectivity index is 2.29. The largest absolute Gasteiger partial charge is 0.481 e. The van der Waals surface area contributed by atoms with Crippen LogP contribution < -0.4 is 9.64 Å². The molecule has 1 unspecified atom stereocenters. The second-order valence-corrected chi connectivity index (χ2v) is 5.31. The van der Waals surface area contributed by atoms with Crippen molar-refractivity contribution >= 4 is 21.7 Å². The number of nitrogens with zero attached hydrogens (tertiary/aromatic N) is 3. The van der Waals surface area contributed by atoms with Gasteiger partial charge in [-0.05, 0) is 19.8 Å². The van der Waals surface area contributed by atoms with E-state index in [9.17, 15) is 0 Å². The number of rotatable bonds is 3. The molecular weight excluding hydrogens is 294 g/mol. The van der Waals surface area contributed by atoms with Gasteiger partial charge in [-0.15, -0.1) is 0 Å². The second-order valence-electron chi connectivity index (χ2n) is 4.67. The van der Waals surface area contributed by atoms with Crippen molar-refractivity contribution in [2.75, 3.05) is 23.9 Å². The van der Waals surface area contributed by atoms with Gasteiger partial charge >= 0.3 is 0 Å². The van der Waals surface area contributed by atoms with Gasteiger partial charge in [0.15, 0.2) is 0 Å². The molecule has 0 aliphatic carbocycles. The molecule has 1 aromatic rings. The van der Waals surface area contributed by atoms with Gasteiger partial charge in [-0.3, -0.25) is 0 Å². The maximum absolute atomic E-state index is 5.24. The van der Waals surface area contributed by atoms with E-state index < -0.39 is 0 Å². The van der Waals surface area contributed by atoms with Crippen LogP contribution in [0.5, 0.6) is 5.88 Å². The average Bonchev–Trinajstić information content (AvgIpc) is 2.62. The third kappa shape index (κ3) is 3.13. The molecule has 0 aromatic carbocycles. The van der Waals surface area contributed by atoms with Crippen molar-refractivity contribution in [3.8, 4) is 5.88 Å². The molecule has 1 aliphatic heterocycles. The number of hydrogen-bond acceptors (Lipinski definition) is 4. The zero-order chi connectivity index (χ0) is 13.0. The van der Waals surface area contributed by atoms with E-state index in [1.807, 2.05) is 13.0 Å². The van der Waals surface area contributed by atoms with Crippen LogP contribution in [0.1, 0.15) is 31.5 Å². The molecule has 4 nitrogen and oxygen atoms in total. The van der Waals surface area contributed by atoms with Crippen LogP contribution in [0.2, 0.25) is 0 Å². The lowest BCUT2D eigenvalue weighted by atomic mass is 10.1. The molecule has 0 spiro atoms. The zero-order valence-electron chi connectivity index (χ0n) is 11.0. The molecule has 0 N–H and O–H groups in total. The smallest absolute Gasteiger partial charge is 0.218 e. The molecule has 2 rings (SSSR count). The van der Waals surface area contributed by atoms with Crippen LogP contribution in [0.4, 0.5) is 5.82 Å². The first-order valence-corrected chi connectivity index (χ1v) is 7.59. The number of alkyl halides is 1. The van der Waals surface area contributed by atoms with E-state index in [0.717, 1.165) is 23.5 Å². The Morgan fingerprint density at radius 2 is 2.22 bits per heavy atom. The van der Waals surface area contributed by atoms with E-state index in [4.69, 9.17) is 4.74 Å². The first kappa shape index (κ1) is 13.6. The Hall–Kier alpha value is -0.840. The number of aromatic nitrogens is 2. The lowest BCUT2D eigenvalue weighted by molar-refractivity contribution is 0.395. The Morgan fingerprint density at radius 3 is 2.94 bits per heavy atom. The molecule has 5 heteroatoms. The standard InChI is InChI=1S/C13H20BrN3O/c1-10-15-12(8-13(16-10)18-2)17-7-5-3-4-6-11(17)9-14/h8,11H,3-7,9H2,1-2H3. The highest BCUT2D eigenvalue weighted by molar-refractivity contribution is 9.09. The van der Waals surface area contributed by atoms with Gasteiger partial charge in [-0.1, -0.05) is 28.8 Å². The third-order valence-corrected chi connectivity index (χ3v) is 4.11. The van der Waals surface area contributed by atoms with Gasteiger partial charge in [0.1, 0.15) is 11.6 Å². The summed E-state index contributed by atoms with van der Waals surface area (Å²) >= 11 is 3.62. The summed E-state index contributed by atoms with van der Waals surface area (Å²) in [5.41, 5.74) is 0. The number of halogens is 1. The van der Waals surface area contributed by atoms with Gasteiger partial charge in [-0.25, -0.2) is 4.98 Å². The summed E-state index contributed by atoms with van der Waals surface area (Å²) < 4.78 is 5.24. The summed E-state index contributed by atoms with van der Waals surface area (Å²) in [5, 5.41) is 0.984. The Kier molecular flexibility index (Phi) is 4.80. The lowest BCUT2D eigenvalue weighted by Gasteiger charge is -2.30. The third-order valence-electron chi connectivity index (χ3n) is 3.36. The van der Waals surface area contributed by atoms with Crippen molar-refractivity contribution in [3.05, 3.63) is 11.9 Å². The van der Waals surface area contributed by atoms with Gasteiger partial charge in [-0.2, -0.15) is 4.98 Å². The number of ether oxygens (including phenoxy) is 1. The van der Waals surface area contributed by atoms with E-state index in [1.54, 1.807) is 7.11 Å². The topological polar surface area (TPSA) is 38.2 Å². The Bertz CT molecular complexity index is 400. The van der Waals surface area contributed by atoms with Gasteiger partial charge in [0.2, 0.25) is 5.88 Å². The maximum atomic E-state index is 5.24. The van der Waals surface area contributed by atoms with Gasteiger partial charge in [0.25, 0.3) is 0 Å². The van der Waals surface area contributed by atoms with E-state index in [0.29, 0.717) is 11.9 Å². The van der Waals surface area contributed by atoms with Gasteiger partial charge in [0, 0.05) is 24.0 Å². The van der Waals surface area contributed by atoms with E-state index in [1.165, 1.54) is 25.7 Å². The molecule has 18 heavy (non-hydrogen) atoms. The minimum Gasteiger partial charge on any atom is -0.481 e. The summed E-state index contributed by atoms with van der Waals surface area (Å²) in [5.74, 6) is 2.41. The van der Waals surface area contributed by atoms with Crippen LogP contribution in [0.15, 0.2) is 6.07 Å². The molecular formula is C13H20BrN3O. The molecule has 1 fully saturated rings. The number of aryl methyl sites for hydroxylation is 1. The van der Waals surface area contributed by atoms with Crippen molar-refractivity contribution in [2.45, 2.75) is 38.6 Å². The fourth-order valence-electron chi connectivity index (χ4n) is 2.42. The fraction of sp³-hybridized carbons (Fsp3) is 0.692. The predicted octanol–water partition coefficient (Wildman–Crippen LogP) is 2.94. The number of anilines is 1. The summed E-state index contributed by atoms with van der Waals surface area (Å²) in [6, 6.07) is 2.46. The number of methoxy groups -OCH3 is 1. The molecule has 1 aromatic heterocycles. The normalized spacial score (nSPS) is 20.6. The van der Waals surface area contributed by atoms with E-state index in [2.05, 4.69) is 30.8 Å². The molecule has 0 bridgehead atoms. The minimum absolute atomic E-state index is 0.520. The van der Waals surface area contributed by atoms with Crippen molar-refractivity contribution in [2.24, 2.45) is 0 Å². The van der Waals surface area contributed by atoms with Crippen LogP contribution in [0.25, 0.3) is 0 Å². The number of hydrogen-bond donors (Lipinski definition) is 0.